The summed E-state index contributed by atoms with van der Waals surface area (Å²) in [6.45, 7) is 3.69. The number of methoxy groups -OCH3 is 1. The van der Waals surface area contributed by atoms with Crippen molar-refractivity contribution in [1.29, 1.82) is 0 Å². The lowest BCUT2D eigenvalue weighted by Gasteiger charge is -2.08. The topological polar surface area (TPSA) is 21.3 Å². The first kappa shape index (κ1) is 13.6. The second kappa shape index (κ2) is 6.95. The standard InChI is InChI=1S/C17H21NO/c1-3-14-5-4-6-17(11-14)18-12-15-7-9-16(10-8-15)13-19-2/h4-11,18H,3,12-13H2,1-2H3. The van der Waals surface area contributed by atoms with E-state index in [4.69, 9.17) is 4.74 Å². The van der Waals surface area contributed by atoms with E-state index in [2.05, 4.69) is 60.8 Å². The van der Waals surface area contributed by atoms with Crippen molar-refractivity contribution in [1.82, 2.24) is 0 Å². The molecule has 0 radical (unpaired) electrons. The van der Waals surface area contributed by atoms with E-state index in [1.54, 1.807) is 7.11 Å². The van der Waals surface area contributed by atoms with Crippen molar-refractivity contribution in [2.75, 3.05) is 12.4 Å². The van der Waals surface area contributed by atoms with Crippen molar-refractivity contribution in [2.45, 2.75) is 26.5 Å². The summed E-state index contributed by atoms with van der Waals surface area (Å²) in [4.78, 5) is 0. The van der Waals surface area contributed by atoms with Crippen LogP contribution in [-0.2, 0) is 24.3 Å². The van der Waals surface area contributed by atoms with Crippen LogP contribution in [0.5, 0.6) is 0 Å². The fourth-order valence-electron chi connectivity index (χ4n) is 2.03. The third kappa shape index (κ3) is 4.11. The maximum Gasteiger partial charge on any atom is 0.0713 e. The van der Waals surface area contributed by atoms with Gasteiger partial charge in [-0.25, -0.2) is 0 Å². The van der Waals surface area contributed by atoms with Gasteiger partial charge in [0.2, 0.25) is 0 Å². The van der Waals surface area contributed by atoms with Crippen molar-refractivity contribution >= 4 is 5.69 Å². The van der Waals surface area contributed by atoms with Gasteiger partial charge in [-0.3, -0.25) is 0 Å². The Balaban J connectivity index is 1.94. The summed E-state index contributed by atoms with van der Waals surface area (Å²) >= 11 is 0. The average Bonchev–Trinajstić information content (AvgIpc) is 2.47. The van der Waals surface area contributed by atoms with Crippen molar-refractivity contribution in [2.24, 2.45) is 0 Å². The Hall–Kier alpha value is -1.80. The molecule has 2 rings (SSSR count). The number of hydrogen-bond acceptors (Lipinski definition) is 2. The molecule has 0 aliphatic heterocycles. The summed E-state index contributed by atoms with van der Waals surface area (Å²) in [5.74, 6) is 0. The summed E-state index contributed by atoms with van der Waals surface area (Å²) in [6, 6.07) is 17.1. The van der Waals surface area contributed by atoms with Crippen LogP contribution in [0, 0.1) is 0 Å². The van der Waals surface area contributed by atoms with Crippen LogP contribution in [-0.4, -0.2) is 7.11 Å². The maximum atomic E-state index is 5.11. The minimum Gasteiger partial charge on any atom is -0.381 e. The highest BCUT2D eigenvalue weighted by Crippen LogP contribution is 2.13. The summed E-state index contributed by atoms with van der Waals surface area (Å²) < 4.78 is 5.11. The van der Waals surface area contributed by atoms with Gasteiger partial charge in [0.05, 0.1) is 6.61 Å². The minimum absolute atomic E-state index is 0.673. The molecule has 0 aliphatic rings. The molecular formula is C17H21NO. The third-order valence-electron chi connectivity index (χ3n) is 3.17. The Morgan fingerprint density at radius 2 is 1.68 bits per heavy atom. The van der Waals surface area contributed by atoms with Gasteiger partial charge in [0.15, 0.2) is 0 Å². The highest BCUT2D eigenvalue weighted by atomic mass is 16.5. The van der Waals surface area contributed by atoms with E-state index in [1.165, 1.54) is 22.4 Å². The molecule has 0 unspecified atom stereocenters. The highest BCUT2D eigenvalue weighted by Gasteiger charge is 1.97. The molecule has 0 saturated carbocycles. The second-order valence-electron chi connectivity index (χ2n) is 4.66. The Bertz CT molecular complexity index is 505. The molecule has 0 fully saturated rings. The van der Waals surface area contributed by atoms with Crippen LogP contribution in [0.25, 0.3) is 0 Å². The lowest BCUT2D eigenvalue weighted by molar-refractivity contribution is 0.185. The van der Waals surface area contributed by atoms with Gasteiger partial charge >= 0.3 is 0 Å². The number of rotatable bonds is 6. The smallest absolute Gasteiger partial charge is 0.0713 e. The molecule has 2 nitrogen and oxygen atoms in total. The molecule has 2 aromatic rings. The van der Waals surface area contributed by atoms with E-state index in [1.807, 2.05) is 0 Å². The fraction of sp³-hybridized carbons (Fsp3) is 0.294. The molecule has 0 aliphatic carbocycles. The van der Waals surface area contributed by atoms with Crippen molar-refractivity contribution in [3.05, 3.63) is 65.2 Å². The van der Waals surface area contributed by atoms with Gasteiger partial charge in [-0.2, -0.15) is 0 Å². The van der Waals surface area contributed by atoms with Crippen LogP contribution in [0.3, 0.4) is 0 Å². The molecule has 0 heterocycles. The van der Waals surface area contributed by atoms with Crippen LogP contribution in [0.15, 0.2) is 48.5 Å². The minimum atomic E-state index is 0.673. The third-order valence-corrected chi connectivity index (χ3v) is 3.17. The van der Waals surface area contributed by atoms with E-state index >= 15 is 0 Å². The number of benzene rings is 2. The number of nitrogens with one attached hydrogen (secondary N) is 1. The maximum absolute atomic E-state index is 5.11. The van der Waals surface area contributed by atoms with Crippen molar-refractivity contribution in [3.63, 3.8) is 0 Å². The number of aryl methyl sites for hydroxylation is 1. The highest BCUT2D eigenvalue weighted by molar-refractivity contribution is 5.46. The van der Waals surface area contributed by atoms with Gasteiger partial charge in [-0.15, -0.1) is 0 Å². The molecule has 1 N–H and O–H groups in total. The quantitative estimate of drug-likeness (QED) is 0.842. The zero-order valence-electron chi connectivity index (χ0n) is 11.6. The van der Waals surface area contributed by atoms with E-state index in [0.717, 1.165) is 13.0 Å². The summed E-state index contributed by atoms with van der Waals surface area (Å²) in [5, 5.41) is 3.46. The number of ether oxygens (including phenoxy) is 1. The molecule has 0 spiro atoms. The lowest BCUT2D eigenvalue weighted by atomic mass is 10.1. The molecule has 0 bridgehead atoms. The largest absolute Gasteiger partial charge is 0.381 e. The summed E-state index contributed by atoms with van der Waals surface area (Å²) in [6.07, 6.45) is 1.07. The van der Waals surface area contributed by atoms with Crippen LogP contribution in [0.1, 0.15) is 23.6 Å². The second-order valence-corrected chi connectivity index (χ2v) is 4.66. The molecule has 0 atom stereocenters. The van der Waals surface area contributed by atoms with Gasteiger partial charge in [0.1, 0.15) is 0 Å². The monoisotopic (exact) mass is 255 g/mol. The van der Waals surface area contributed by atoms with Gasteiger partial charge in [-0.05, 0) is 35.2 Å². The number of hydrogen-bond donors (Lipinski definition) is 1. The SMILES string of the molecule is CCc1cccc(NCc2ccc(COC)cc2)c1. The van der Waals surface area contributed by atoms with E-state index in [0.29, 0.717) is 6.61 Å². The van der Waals surface area contributed by atoms with Crippen LogP contribution in [0.2, 0.25) is 0 Å². The van der Waals surface area contributed by atoms with Gasteiger partial charge in [0, 0.05) is 19.3 Å². The Labute approximate surface area is 115 Å². The van der Waals surface area contributed by atoms with Crippen LogP contribution < -0.4 is 5.32 Å². The molecule has 0 saturated heterocycles. The zero-order chi connectivity index (χ0) is 13.5. The average molecular weight is 255 g/mol. The molecule has 0 amide bonds. The van der Waals surface area contributed by atoms with E-state index < -0.39 is 0 Å². The van der Waals surface area contributed by atoms with E-state index in [-0.39, 0.29) is 0 Å². The molecular weight excluding hydrogens is 234 g/mol. The van der Waals surface area contributed by atoms with Crippen LogP contribution >= 0.6 is 0 Å². The molecule has 19 heavy (non-hydrogen) atoms. The van der Waals surface area contributed by atoms with Gasteiger partial charge in [0.25, 0.3) is 0 Å². The lowest BCUT2D eigenvalue weighted by Crippen LogP contribution is -2.00. The molecule has 2 aromatic carbocycles. The first-order valence-electron chi connectivity index (χ1n) is 6.71. The first-order valence-corrected chi connectivity index (χ1v) is 6.71. The predicted molar refractivity (Wildman–Crippen MR) is 80.3 cm³/mol. The van der Waals surface area contributed by atoms with Crippen LogP contribution in [0.4, 0.5) is 5.69 Å². The summed E-state index contributed by atoms with van der Waals surface area (Å²) in [5.41, 5.74) is 5.03. The Kier molecular flexibility index (Phi) is 4.99. The van der Waals surface area contributed by atoms with E-state index in [9.17, 15) is 0 Å². The zero-order valence-corrected chi connectivity index (χ0v) is 11.6. The molecule has 2 heteroatoms. The Morgan fingerprint density at radius 3 is 2.37 bits per heavy atom. The van der Waals surface area contributed by atoms with Gasteiger partial charge < -0.3 is 10.1 Å². The first-order chi connectivity index (χ1) is 9.31. The number of anilines is 1. The molecule has 0 aromatic heterocycles. The normalized spacial score (nSPS) is 10.4. The van der Waals surface area contributed by atoms with Gasteiger partial charge in [-0.1, -0.05) is 43.3 Å². The Morgan fingerprint density at radius 1 is 0.947 bits per heavy atom. The summed E-state index contributed by atoms with van der Waals surface area (Å²) in [7, 11) is 1.72. The predicted octanol–water partition coefficient (Wildman–Crippen LogP) is 4.01. The molecule has 100 valence electrons. The van der Waals surface area contributed by atoms with Crippen molar-refractivity contribution < 1.29 is 4.74 Å². The fourth-order valence-corrected chi connectivity index (χ4v) is 2.03. The van der Waals surface area contributed by atoms with Crippen molar-refractivity contribution in [3.8, 4) is 0 Å².